The van der Waals surface area contributed by atoms with E-state index in [9.17, 15) is 13.6 Å². The van der Waals surface area contributed by atoms with Gasteiger partial charge in [-0.3, -0.25) is 9.89 Å². The van der Waals surface area contributed by atoms with Crippen molar-refractivity contribution in [2.75, 3.05) is 0 Å². The number of aromatic amines is 1. The number of rotatable bonds is 6. The minimum absolute atomic E-state index is 0.506. The lowest BCUT2D eigenvalue weighted by molar-refractivity contribution is -0.143. The highest BCUT2D eigenvalue weighted by atomic mass is 31.0. The smallest absolute Gasteiger partial charge is 0.321 e. The Morgan fingerprint density at radius 1 is 1.52 bits per heavy atom. The molecule has 0 aliphatic heterocycles. The molecule has 1 aromatic heterocycles. The van der Waals surface area contributed by atoms with E-state index in [1.54, 1.807) is 31.3 Å². The van der Waals surface area contributed by atoms with Gasteiger partial charge in [-0.15, -0.1) is 0 Å². The second-order valence-electron chi connectivity index (χ2n) is 5.39. The van der Waals surface area contributed by atoms with Gasteiger partial charge in [0.1, 0.15) is 11.6 Å². The van der Waals surface area contributed by atoms with Gasteiger partial charge in [-0.1, -0.05) is 21.4 Å². The number of alkyl halides is 2. The van der Waals surface area contributed by atoms with Gasteiger partial charge in [0.25, 0.3) is 5.91 Å². The van der Waals surface area contributed by atoms with Gasteiger partial charge in [-0.2, -0.15) is 13.9 Å². The summed E-state index contributed by atoms with van der Waals surface area (Å²) in [4.78, 5) is 11.5. The molecule has 2 aromatic rings. The lowest BCUT2D eigenvalue weighted by atomic mass is 10.1. The van der Waals surface area contributed by atoms with Crippen LogP contribution in [0.5, 0.6) is 5.75 Å². The first-order chi connectivity index (χ1) is 10.7. The number of hydrogen-bond donors (Lipinski definition) is 2. The second kappa shape index (κ2) is 6.62. The number of benzene rings is 1. The highest BCUT2D eigenvalue weighted by Gasteiger charge is 2.35. The second-order valence-corrected chi connectivity index (χ2v) is 6.04. The van der Waals surface area contributed by atoms with Crippen LogP contribution < -0.4 is 10.1 Å². The summed E-state index contributed by atoms with van der Waals surface area (Å²) < 4.78 is 31.9. The molecule has 0 bridgehead atoms. The third-order valence-electron chi connectivity index (χ3n) is 3.23. The number of carbonyl (C=O) groups is 1. The fourth-order valence-electron chi connectivity index (χ4n) is 1.97. The number of hydrogen-bond acceptors (Lipinski definition) is 3. The Hall–Kier alpha value is -2.01. The summed E-state index contributed by atoms with van der Waals surface area (Å²) in [5.41, 5.74) is 1.36. The Balaban J connectivity index is 2.12. The highest BCUT2D eigenvalue weighted by Crippen LogP contribution is 2.24. The summed E-state index contributed by atoms with van der Waals surface area (Å²) in [5, 5.41) is 9.84. The third-order valence-corrected chi connectivity index (χ3v) is 3.75. The Kier molecular flexibility index (Phi) is 5.00. The average molecular weight is 341 g/mol. The van der Waals surface area contributed by atoms with Crippen LogP contribution >= 0.6 is 9.24 Å². The molecule has 2 N–H and O–H groups in total. The molecule has 0 saturated heterocycles. The van der Waals surface area contributed by atoms with Crippen LogP contribution in [-0.4, -0.2) is 33.9 Å². The maximum Gasteiger partial charge on any atom is 0.321 e. The molecule has 1 aromatic carbocycles. The van der Waals surface area contributed by atoms with Crippen molar-refractivity contribution < 1.29 is 18.3 Å². The molecule has 1 heterocycles. The van der Waals surface area contributed by atoms with E-state index in [-0.39, 0.29) is 0 Å². The zero-order valence-corrected chi connectivity index (χ0v) is 13.9. The molecule has 0 aliphatic rings. The Labute approximate surface area is 134 Å². The molecule has 0 radical (unpaired) electrons. The van der Waals surface area contributed by atoms with Crippen LogP contribution in [0.1, 0.15) is 13.8 Å². The maximum absolute atomic E-state index is 13.1. The van der Waals surface area contributed by atoms with Gasteiger partial charge in [-0.05, 0) is 25.1 Å². The summed E-state index contributed by atoms with van der Waals surface area (Å²) in [7, 11) is 2.39. The Bertz CT molecular complexity index is 727. The molecular weight excluding hydrogens is 323 g/mol. The predicted molar refractivity (Wildman–Crippen MR) is 87.6 cm³/mol. The van der Waals surface area contributed by atoms with Gasteiger partial charge in [-0.25, -0.2) is 0 Å². The van der Waals surface area contributed by atoms with Gasteiger partial charge >= 0.3 is 5.92 Å². The van der Waals surface area contributed by atoms with Gasteiger partial charge in [0.15, 0.2) is 0 Å². The number of amides is 1. The van der Waals surface area contributed by atoms with Crippen LogP contribution in [0, 0.1) is 0 Å². The summed E-state index contributed by atoms with van der Waals surface area (Å²) in [6.45, 7) is 5.91. The molecule has 0 saturated carbocycles. The van der Waals surface area contributed by atoms with E-state index in [1.807, 2.05) is 0 Å². The predicted octanol–water partition coefficient (Wildman–Crippen LogP) is 2.86. The van der Waals surface area contributed by atoms with Crippen LogP contribution in [0.4, 0.5) is 8.78 Å². The lowest BCUT2D eigenvalue weighted by Crippen LogP contribution is -2.49. The Morgan fingerprint density at radius 2 is 2.22 bits per heavy atom. The summed E-state index contributed by atoms with van der Waals surface area (Å²) in [5.74, 6) is -4.95. The summed E-state index contributed by atoms with van der Waals surface area (Å²) >= 11 is 0. The van der Waals surface area contributed by atoms with Gasteiger partial charge in [0.05, 0.1) is 17.8 Å². The van der Waals surface area contributed by atoms with E-state index in [4.69, 9.17) is 4.74 Å². The zero-order valence-electron chi connectivity index (χ0n) is 12.8. The largest absolute Gasteiger partial charge is 0.484 e. The van der Waals surface area contributed by atoms with E-state index >= 15 is 0 Å². The van der Waals surface area contributed by atoms with Gasteiger partial charge < -0.3 is 10.1 Å². The molecular formula is C15H18F2N3O2P. The van der Waals surface area contributed by atoms with Crippen molar-refractivity contribution >= 4 is 26.0 Å². The standard InChI is InChI=1S/C15H18F2N3O2P/c1-8(2)12(19-14(21)15(3,16)17)13(23)22-10-4-5-11-9(6-10)7-18-20-11/h4-7,12-13H,1,23H2,2-3H3,(H,18,20)(H,19,21)/t12-,13+/m0/s1. The fraction of sp³-hybridized carbons (Fsp3) is 0.333. The van der Waals surface area contributed by atoms with Crippen molar-refractivity contribution in [1.29, 1.82) is 0 Å². The van der Waals surface area contributed by atoms with Crippen LogP contribution in [0.3, 0.4) is 0 Å². The average Bonchev–Trinajstić information content (AvgIpc) is 2.90. The highest BCUT2D eigenvalue weighted by molar-refractivity contribution is 7.17. The molecule has 2 rings (SSSR count). The first-order valence-corrected chi connectivity index (χ1v) is 7.54. The van der Waals surface area contributed by atoms with E-state index in [1.165, 1.54) is 0 Å². The van der Waals surface area contributed by atoms with Gasteiger partial charge in [0, 0.05) is 12.3 Å². The molecule has 3 atom stereocenters. The monoisotopic (exact) mass is 341 g/mol. The van der Waals surface area contributed by atoms with Crippen LogP contribution in [0.15, 0.2) is 36.5 Å². The van der Waals surface area contributed by atoms with E-state index in [0.29, 0.717) is 18.2 Å². The molecule has 124 valence electrons. The lowest BCUT2D eigenvalue weighted by Gasteiger charge is -2.27. The van der Waals surface area contributed by atoms with Crippen molar-refractivity contribution in [2.24, 2.45) is 0 Å². The quantitative estimate of drug-likeness (QED) is 0.627. The molecule has 0 aliphatic carbocycles. The molecule has 1 amide bonds. The van der Waals surface area contributed by atoms with E-state index in [2.05, 4.69) is 31.3 Å². The number of nitrogens with one attached hydrogen (secondary N) is 2. The Morgan fingerprint density at radius 3 is 2.83 bits per heavy atom. The molecule has 0 spiro atoms. The number of nitrogens with zero attached hydrogens (tertiary/aromatic N) is 1. The first-order valence-electron chi connectivity index (χ1n) is 6.88. The number of aromatic nitrogens is 2. The summed E-state index contributed by atoms with van der Waals surface area (Å²) in [6.07, 6.45) is 1.65. The maximum atomic E-state index is 13.1. The molecule has 8 heteroatoms. The first kappa shape index (κ1) is 17.3. The fourth-order valence-corrected chi connectivity index (χ4v) is 2.55. The zero-order chi connectivity index (χ0) is 17.2. The third kappa shape index (κ3) is 4.26. The van der Waals surface area contributed by atoms with Crippen molar-refractivity contribution in [2.45, 2.75) is 31.7 Å². The van der Waals surface area contributed by atoms with Gasteiger partial charge in [0.2, 0.25) is 0 Å². The topological polar surface area (TPSA) is 67.0 Å². The minimum atomic E-state index is -3.46. The molecule has 0 fully saturated rings. The number of carbonyl (C=O) groups excluding carboxylic acids is 1. The SMILES string of the molecule is C=C(C)[C@H](NC(=O)C(C)(F)F)[C@@H](P)Oc1ccc2[nH]ncc2c1. The molecule has 23 heavy (non-hydrogen) atoms. The number of halogens is 2. The van der Waals surface area contributed by atoms with Crippen LogP contribution in [-0.2, 0) is 4.79 Å². The van der Waals surface area contributed by atoms with Crippen molar-refractivity contribution in [3.8, 4) is 5.75 Å². The van der Waals surface area contributed by atoms with E-state index in [0.717, 1.165) is 10.9 Å². The number of H-pyrrole nitrogens is 1. The van der Waals surface area contributed by atoms with Crippen LogP contribution in [0.2, 0.25) is 0 Å². The van der Waals surface area contributed by atoms with E-state index < -0.39 is 23.7 Å². The summed E-state index contributed by atoms with van der Waals surface area (Å²) in [6, 6.07) is 4.52. The van der Waals surface area contributed by atoms with Crippen LogP contribution in [0.25, 0.3) is 10.9 Å². The number of ether oxygens (including phenoxy) is 1. The minimum Gasteiger partial charge on any atom is -0.484 e. The molecule has 1 unspecified atom stereocenters. The van der Waals surface area contributed by atoms with Crippen molar-refractivity contribution in [3.05, 3.63) is 36.5 Å². The normalized spacial score (nSPS) is 14.3. The van der Waals surface area contributed by atoms with Crippen molar-refractivity contribution in [3.63, 3.8) is 0 Å². The number of fused-ring (bicyclic) bond motifs is 1. The molecule has 5 nitrogen and oxygen atoms in total. The van der Waals surface area contributed by atoms with Crippen molar-refractivity contribution in [1.82, 2.24) is 15.5 Å².